The molecule has 1 aromatic heterocycles. The molecule has 0 spiro atoms. The number of allylic oxidation sites excluding steroid dienone is 2. The number of carboxylic acids is 1. The van der Waals surface area contributed by atoms with E-state index < -0.39 is 5.97 Å². The third-order valence-electron chi connectivity index (χ3n) is 8.48. The summed E-state index contributed by atoms with van der Waals surface area (Å²) in [5.41, 5.74) is 3.25. The van der Waals surface area contributed by atoms with Gasteiger partial charge in [0, 0.05) is 43.5 Å². The lowest BCUT2D eigenvalue weighted by Crippen LogP contribution is -2.39. The van der Waals surface area contributed by atoms with Gasteiger partial charge in [-0.2, -0.15) is 4.99 Å². The molecule has 2 aromatic rings. The number of hydrogen-bond acceptors (Lipinski definition) is 7. The van der Waals surface area contributed by atoms with E-state index in [9.17, 15) is 14.7 Å². The van der Waals surface area contributed by atoms with Crippen molar-refractivity contribution in [1.29, 1.82) is 0 Å². The van der Waals surface area contributed by atoms with Gasteiger partial charge in [0.05, 0.1) is 31.4 Å². The van der Waals surface area contributed by atoms with Crippen molar-refractivity contribution in [1.82, 2.24) is 9.88 Å². The molecule has 2 fully saturated rings. The Kier molecular flexibility index (Phi) is 9.45. The molecule has 234 valence electrons. The first-order valence-corrected chi connectivity index (χ1v) is 15.6. The van der Waals surface area contributed by atoms with Crippen LogP contribution in [0.4, 0.5) is 5.69 Å². The van der Waals surface area contributed by atoms with Gasteiger partial charge in [-0.3, -0.25) is 14.5 Å². The number of hydrogen-bond donors (Lipinski definition) is 1. The summed E-state index contributed by atoms with van der Waals surface area (Å²) in [6.45, 7) is 10.9. The Morgan fingerprint density at radius 2 is 1.89 bits per heavy atom. The number of carbonyl (C=O) groups is 2. The summed E-state index contributed by atoms with van der Waals surface area (Å²) < 4.78 is 11.7. The van der Waals surface area contributed by atoms with Crippen LogP contribution in [0.1, 0.15) is 81.6 Å². The highest BCUT2D eigenvalue weighted by molar-refractivity contribution is 6.01. The maximum Gasteiger partial charge on any atom is 0.303 e. The van der Waals surface area contributed by atoms with Crippen molar-refractivity contribution in [2.45, 2.75) is 65.7 Å². The second-order valence-corrected chi connectivity index (χ2v) is 13.5. The molecular formula is C35H44N4O5. The summed E-state index contributed by atoms with van der Waals surface area (Å²) in [4.78, 5) is 38.4. The van der Waals surface area contributed by atoms with Crippen LogP contribution in [0.2, 0.25) is 0 Å². The fraction of sp³-hybridized carbons (Fsp3) is 0.514. The van der Waals surface area contributed by atoms with E-state index in [0.717, 1.165) is 55.6 Å². The highest BCUT2D eigenvalue weighted by atomic mass is 16.5. The van der Waals surface area contributed by atoms with E-state index in [1.807, 2.05) is 43.3 Å². The third-order valence-corrected chi connectivity index (χ3v) is 8.48. The molecule has 2 aliphatic heterocycles. The summed E-state index contributed by atoms with van der Waals surface area (Å²) in [5, 5.41) is 9.39. The first-order chi connectivity index (χ1) is 21.0. The average Bonchev–Trinajstić information content (AvgIpc) is 3.76. The van der Waals surface area contributed by atoms with Crippen LogP contribution in [0.25, 0.3) is 0 Å². The van der Waals surface area contributed by atoms with Crippen molar-refractivity contribution in [2.24, 2.45) is 22.2 Å². The van der Waals surface area contributed by atoms with E-state index in [4.69, 9.17) is 9.47 Å². The maximum atomic E-state index is 14.1. The predicted molar refractivity (Wildman–Crippen MR) is 171 cm³/mol. The summed E-state index contributed by atoms with van der Waals surface area (Å²) >= 11 is 0. The van der Waals surface area contributed by atoms with Gasteiger partial charge in [-0.25, -0.2) is 4.98 Å². The zero-order valence-corrected chi connectivity index (χ0v) is 26.5. The fourth-order valence-corrected chi connectivity index (χ4v) is 6.02. The lowest BCUT2D eigenvalue weighted by atomic mass is 9.92. The molecule has 1 atom stereocenters. The maximum absolute atomic E-state index is 14.1. The molecule has 3 heterocycles. The first-order valence-electron chi connectivity index (χ1n) is 15.6. The Bertz CT molecular complexity index is 1470. The van der Waals surface area contributed by atoms with Crippen molar-refractivity contribution in [3.05, 3.63) is 65.1 Å². The van der Waals surface area contributed by atoms with Crippen LogP contribution < -0.4 is 14.4 Å². The van der Waals surface area contributed by atoms with Gasteiger partial charge >= 0.3 is 5.97 Å². The van der Waals surface area contributed by atoms with Crippen molar-refractivity contribution in [3.8, 4) is 11.6 Å². The monoisotopic (exact) mass is 600 g/mol. The number of carbonyl (C=O) groups excluding carboxylic acids is 1. The number of piperidine rings is 1. The van der Waals surface area contributed by atoms with Crippen molar-refractivity contribution in [2.75, 3.05) is 38.3 Å². The van der Waals surface area contributed by atoms with Crippen molar-refractivity contribution < 1.29 is 24.2 Å². The van der Waals surface area contributed by atoms with Gasteiger partial charge in [-0.15, -0.1) is 0 Å². The van der Waals surface area contributed by atoms with Gasteiger partial charge in [0.25, 0.3) is 5.91 Å². The predicted octanol–water partition coefficient (Wildman–Crippen LogP) is 6.31. The number of aliphatic carboxylic acids is 1. The van der Waals surface area contributed by atoms with Gasteiger partial charge in [-0.1, -0.05) is 20.8 Å². The second-order valence-electron chi connectivity index (χ2n) is 13.5. The molecule has 1 unspecified atom stereocenters. The summed E-state index contributed by atoms with van der Waals surface area (Å²) in [5.74, 6) is 4.77. The Hall–Kier alpha value is -4.10. The molecule has 44 heavy (non-hydrogen) atoms. The molecule has 9 heteroatoms. The van der Waals surface area contributed by atoms with Crippen LogP contribution in [0.15, 0.2) is 59.0 Å². The smallest absolute Gasteiger partial charge is 0.303 e. The molecule has 3 aliphatic rings. The number of methoxy groups -OCH3 is 1. The van der Waals surface area contributed by atoms with E-state index in [-0.39, 0.29) is 23.7 Å². The van der Waals surface area contributed by atoms with E-state index in [2.05, 4.69) is 41.5 Å². The number of rotatable bonds is 12. The zero-order chi connectivity index (χ0) is 31.4. The fourth-order valence-electron chi connectivity index (χ4n) is 6.02. The van der Waals surface area contributed by atoms with Crippen molar-refractivity contribution in [3.63, 3.8) is 0 Å². The Morgan fingerprint density at radius 3 is 2.50 bits per heavy atom. The standard InChI is InChI=1S/C35H44N4O5/c1-23-16-31(37-20-23)39(22-35(2,3)4)34(42)28-9-8-27(43-5)18-30(28)38-14-11-24(12-15-38)21-44-32-17-26(10-13-36-32)29(19-33(40)41)25-6-7-25/h8-10,13,16-18,24-25,29H,6-7,11-12,14-15,19,21-22H2,1-5H3,(H,40,41). The van der Waals surface area contributed by atoms with Gasteiger partial charge in [0.1, 0.15) is 11.6 Å². The lowest BCUT2D eigenvalue weighted by Gasteiger charge is -2.36. The molecule has 5 rings (SSSR count). The number of ether oxygens (including phenoxy) is 2. The summed E-state index contributed by atoms with van der Waals surface area (Å²) in [7, 11) is 1.64. The topological polar surface area (TPSA) is 105 Å². The highest BCUT2D eigenvalue weighted by Crippen LogP contribution is 2.45. The number of amides is 1. The van der Waals surface area contributed by atoms with E-state index >= 15 is 0 Å². The Balaban J connectivity index is 1.26. The molecular weight excluding hydrogens is 556 g/mol. The molecule has 0 bridgehead atoms. The largest absolute Gasteiger partial charge is 0.497 e. The summed E-state index contributed by atoms with van der Waals surface area (Å²) in [6.07, 6.45) is 7.72. The molecule has 1 saturated carbocycles. The number of benzene rings is 1. The molecule has 1 aromatic carbocycles. The van der Waals surface area contributed by atoms with Crippen LogP contribution in [-0.4, -0.2) is 66.1 Å². The molecule has 1 N–H and O–H groups in total. The zero-order valence-electron chi connectivity index (χ0n) is 26.5. The number of aliphatic imine (C=N–C) groups is 1. The van der Waals surface area contributed by atoms with Gasteiger partial charge < -0.3 is 19.5 Å². The number of aromatic nitrogens is 1. The highest BCUT2D eigenvalue weighted by Gasteiger charge is 2.34. The van der Waals surface area contributed by atoms with E-state index in [1.54, 1.807) is 18.2 Å². The van der Waals surface area contributed by atoms with Gasteiger partial charge in [0.2, 0.25) is 5.88 Å². The van der Waals surface area contributed by atoms with Crippen LogP contribution in [0.3, 0.4) is 0 Å². The minimum absolute atomic E-state index is 0.0113. The van der Waals surface area contributed by atoms with Crippen LogP contribution in [0, 0.1) is 17.3 Å². The van der Waals surface area contributed by atoms with Gasteiger partial charge in [0.15, 0.2) is 0 Å². The molecule has 1 saturated heterocycles. The first kappa shape index (κ1) is 31.3. The second kappa shape index (κ2) is 13.3. The average molecular weight is 601 g/mol. The van der Waals surface area contributed by atoms with Crippen molar-refractivity contribution >= 4 is 23.4 Å². The third kappa shape index (κ3) is 7.88. The number of nitrogens with zero attached hydrogens (tertiary/aromatic N) is 4. The molecule has 0 radical (unpaired) electrons. The lowest BCUT2D eigenvalue weighted by molar-refractivity contribution is -0.137. The molecule has 1 aliphatic carbocycles. The Labute approximate surface area is 260 Å². The van der Waals surface area contributed by atoms with Gasteiger partial charge in [-0.05, 0) is 91.5 Å². The number of pyridine rings is 1. The minimum atomic E-state index is -0.771. The quantitative estimate of drug-likeness (QED) is 0.304. The van der Waals surface area contributed by atoms with Crippen LogP contribution in [0.5, 0.6) is 11.6 Å². The van der Waals surface area contributed by atoms with E-state index in [0.29, 0.717) is 48.0 Å². The van der Waals surface area contributed by atoms with Crippen LogP contribution >= 0.6 is 0 Å². The Morgan fingerprint density at radius 1 is 1.14 bits per heavy atom. The SMILES string of the molecule is COc1ccc(C(=O)N(CC(C)(C)C)C2=CC(C)=C=N2)c(N2CCC(COc3cc(C(CC(=O)O)C4CC4)ccn3)CC2)c1. The number of carboxylic acid groups (broad SMARTS) is 1. The summed E-state index contributed by atoms with van der Waals surface area (Å²) in [6, 6.07) is 9.49. The van der Waals surface area contributed by atoms with Crippen LogP contribution in [-0.2, 0) is 4.79 Å². The number of anilines is 1. The minimum Gasteiger partial charge on any atom is -0.497 e. The molecule has 1 amide bonds. The molecule has 9 nitrogen and oxygen atoms in total. The van der Waals surface area contributed by atoms with E-state index in [1.165, 1.54) is 0 Å². The normalized spacial score (nSPS) is 17.6.